The maximum atomic E-state index is 5.89. The third-order valence-electron chi connectivity index (χ3n) is 2.35. The fraction of sp³-hybridized carbons (Fsp3) is 0. The average molecular weight is 213 g/mol. The topological polar surface area (TPSA) is 38.5 Å². The van der Waals surface area contributed by atoms with Crippen LogP contribution >= 0.6 is 11.3 Å². The van der Waals surface area contributed by atoms with Crippen LogP contribution < -0.4 is 10.8 Å². The number of nitrogens with zero attached hydrogens (tertiary/aromatic N) is 1. The first-order valence-electron chi connectivity index (χ1n) is 4.72. The summed E-state index contributed by atoms with van der Waals surface area (Å²) in [5.74, 6) is 0. The Hall–Kier alpha value is -1.74. The summed E-state index contributed by atoms with van der Waals surface area (Å²) in [5, 5.41) is 6.64. The van der Waals surface area contributed by atoms with Gasteiger partial charge in [0.15, 0.2) is 5.69 Å². The Morgan fingerprint density at radius 2 is 1.87 bits per heavy atom. The number of hydrogen-bond acceptors (Lipinski definition) is 2. The lowest BCUT2D eigenvalue weighted by Gasteiger charge is -2.02. The molecular weight excluding hydrogens is 204 g/mol. The number of fused-ring (bicyclic) bond motifs is 2. The van der Waals surface area contributed by atoms with E-state index in [1.165, 1.54) is 4.70 Å². The van der Waals surface area contributed by atoms with Crippen LogP contribution in [0.5, 0.6) is 0 Å². The lowest BCUT2D eigenvalue weighted by Crippen LogP contribution is -2.46. The van der Waals surface area contributed by atoms with Crippen molar-refractivity contribution in [2.45, 2.75) is 0 Å². The van der Waals surface area contributed by atoms with Crippen LogP contribution in [0, 0.1) is 0 Å². The summed E-state index contributed by atoms with van der Waals surface area (Å²) >= 11 is 1.72. The van der Waals surface area contributed by atoms with E-state index in [1.54, 1.807) is 11.3 Å². The van der Waals surface area contributed by atoms with Crippen LogP contribution in [-0.4, -0.2) is 4.98 Å². The maximum absolute atomic E-state index is 5.89. The number of nitrogens with two attached hydrogens (primary N) is 1. The summed E-state index contributed by atoms with van der Waals surface area (Å²) in [4.78, 5) is 5.70. The van der Waals surface area contributed by atoms with E-state index in [2.05, 4.69) is 17.1 Å². The van der Waals surface area contributed by atoms with Crippen LogP contribution in [0.4, 0.5) is 0 Å². The molecule has 0 unspecified atom stereocenters. The Bertz CT molecular complexity index is 657. The van der Waals surface area contributed by atoms with Gasteiger partial charge in [0, 0.05) is 6.07 Å². The smallest absolute Gasteiger partial charge is 0.224 e. The molecule has 2 aliphatic rings. The van der Waals surface area contributed by atoms with Gasteiger partial charge in [-0.2, -0.15) is 0 Å². The SMILES string of the molecule is [NH2+]=c1cccc2sc3ccccc3nc1-2. The van der Waals surface area contributed by atoms with Gasteiger partial charge in [0.1, 0.15) is 0 Å². The average Bonchev–Trinajstić information content (AvgIpc) is 2.27. The first kappa shape index (κ1) is 8.56. The van der Waals surface area contributed by atoms with E-state index in [1.807, 2.05) is 30.3 Å². The second-order valence-corrected chi connectivity index (χ2v) is 4.46. The van der Waals surface area contributed by atoms with Gasteiger partial charge < -0.3 is 0 Å². The van der Waals surface area contributed by atoms with Crippen molar-refractivity contribution in [2.75, 3.05) is 0 Å². The van der Waals surface area contributed by atoms with Crippen molar-refractivity contribution in [3.8, 4) is 10.6 Å². The highest BCUT2D eigenvalue weighted by molar-refractivity contribution is 7.21. The molecule has 1 aliphatic carbocycles. The van der Waals surface area contributed by atoms with Crippen molar-refractivity contribution in [2.24, 2.45) is 0 Å². The normalized spacial score (nSPS) is 10.9. The van der Waals surface area contributed by atoms with Gasteiger partial charge in [0.25, 0.3) is 0 Å². The minimum absolute atomic E-state index is 0.745. The molecule has 0 spiro atoms. The molecular formula is C12H9N2S+. The number of para-hydroxylation sites is 2. The van der Waals surface area contributed by atoms with E-state index in [-0.39, 0.29) is 0 Å². The number of hydrogen-bond donors (Lipinski definition) is 1. The zero-order valence-corrected chi connectivity index (χ0v) is 8.79. The van der Waals surface area contributed by atoms with E-state index in [4.69, 9.17) is 5.41 Å². The molecule has 0 aromatic heterocycles. The highest BCUT2D eigenvalue weighted by Gasteiger charge is 2.09. The standard InChI is InChI=1S/C12H8N2S/c13-8-4-3-7-11-12(8)14-9-5-1-2-6-10(9)15-11/h1-7,13H/p+1. The van der Waals surface area contributed by atoms with Crippen molar-refractivity contribution in [1.82, 2.24) is 4.98 Å². The van der Waals surface area contributed by atoms with Gasteiger partial charge in [-0.1, -0.05) is 18.2 Å². The predicted molar refractivity (Wildman–Crippen MR) is 61.3 cm³/mol. The van der Waals surface area contributed by atoms with E-state index in [0.29, 0.717) is 0 Å². The number of aromatic nitrogens is 1. The van der Waals surface area contributed by atoms with Crippen LogP contribution in [0.2, 0.25) is 0 Å². The van der Waals surface area contributed by atoms with Crippen molar-refractivity contribution >= 4 is 21.6 Å². The Labute approximate surface area is 90.7 Å². The van der Waals surface area contributed by atoms with Crippen molar-refractivity contribution in [3.05, 3.63) is 47.8 Å². The van der Waals surface area contributed by atoms with Crippen LogP contribution in [0.3, 0.4) is 0 Å². The number of rotatable bonds is 0. The molecule has 0 amide bonds. The highest BCUT2D eigenvalue weighted by Crippen LogP contribution is 2.27. The molecule has 0 saturated heterocycles. The van der Waals surface area contributed by atoms with E-state index >= 15 is 0 Å². The van der Waals surface area contributed by atoms with Gasteiger partial charge in [0.2, 0.25) is 5.36 Å². The van der Waals surface area contributed by atoms with Crippen molar-refractivity contribution < 1.29 is 5.41 Å². The third-order valence-corrected chi connectivity index (χ3v) is 3.46. The Morgan fingerprint density at radius 3 is 2.80 bits per heavy atom. The molecule has 0 fully saturated rings. The lowest BCUT2D eigenvalue weighted by atomic mass is 10.2. The van der Waals surface area contributed by atoms with Crippen molar-refractivity contribution in [3.63, 3.8) is 0 Å². The molecule has 3 rings (SSSR count). The molecule has 1 heterocycles. The summed E-state index contributed by atoms with van der Waals surface area (Å²) in [6.45, 7) is 0. The molecule has 1 aliphatic heterocycles. The number of benzene rings is 2. The van der Waals surface area contributed by atoms with E-state index < -0.39 is 0 Å². The van der Waals surface area contributed by atoms with Gasteiger partial charge in [-0.05, 0) is 18.2 Å². The Kier molecular flexibility index (Phi) is 1.79. The molecule has 1 aromatic rings. The Balaban J connectivity index is 2.54. The molecule has 0 bridgehead atoms. The van der Waals surface area contributed by atoms with E-state index in [9.17, 15) is 0 Å². The molecule has 72 valence electrons. The van der Waals surface area contributed by atoms with Crippen LogP contribution in [-0.2, 0) is 0 Å². The monoisotopic (exact) mass is 213 g/mol. The fourth-order valence-corrected chi connectivity index (χ4v) is 2.62. The first-order valence-corrected chi connectivity index (χ1v) is 5.53. The molecule has 0 atom stereocenters. The third kappa shape index (κ3) is 1.32. The van der Waals surface area contributed by atoms with Crippen LogP contribution in [0.25, 0.3) is 20.8 Å². The highest BCUT2D eigenvalue weighted by atomic mass is 32.1. The molecule has 0 radical (unpaired) electrons. The zero-order chi connectivity index (χ0) is 10.3. The second-order valence-electron chi connectivity index (χ2n) is 3.38. The quantitative estimate of drug-likeness (QED) is 0.557. The molecule has 2 nitrogen and oxygen atoms in total. The van der Waals surface area contributed by atoms with Crippen LogP contribution in [0.1, 0.15) is 0 Å². The first-order chi connectivity index (χ1) is 7.34. The van der Waals surface area contributed by atoms with Gasteiger partial charge >= 0.3 is 0 Å². The van der Waals surface area contributed by atoms with Gasteiger partial charge in [-0.25, -0.2) is 4.98 Å². The van der Waals surface area contributed by atoms with Crippen molar-refractivity contribution in [1.29, 1.82) is 0 Å². The Morgan fingerprint density at radius 1 is 1.00 bits per heavy atom. The molecule has 1 aromatic carbocycles. The molecule has 2 N–H and O–H groups in total. The zero-order valence-electron chi connectivity index (χ0n) is 7.97. The van der Waals surface area contributed by atoms with E-state index in [0.717, 1.165) is 21.4 Å². The minimum Gasteiger partial charge on any atom is -0.252 e. The predicted octanol–water partition coefficient (Wildman–Crippen LogP) is 1.06. The minimum atomic E-state index is 0.745. The fourth-order valence-electron chi connectivity index (χ4n) is 1.62. The second kappa shape index (κ2) is 3.14. The largest absolute Gasteiger partial charge is 0.252 e. The van der Waals surface area contributed by atoms with Gasteiger partial charge in [-0.15, -0.1) is 11.3 Å². The summed E-state index contributed by atoms with van der Waals surface area (Å²) in [6.07, 6.45) is 0. The van der Waals surface area contributed by atoms with Gasteiger partial charge in [0.05, 0.1) is 15.1 Å². The maximum Gasteiger partial charge on any atom is 0.224 e. The lowest BCUT2D eigenvalue weighted by molar-refractivity contribution is -0.171. The molecule has 0 saturated carbocycles. The van der Waals surface area contributed by atoms with Gasteiger partial charge in [-0.3, -0.25) is 5.41 Å². The molecule has 3 heteroatoms. The van der Waals surface area contributed by atoms with Crippen LogP contribution in [0.15, 0.2) is 42.5 Å². The summed E-state index contributed by atoms with van der Waals surface area (Å²) < 4.78 is 1.19. The molecule has 15 heavy (non-hydrogen) atoms. The summed E-state index contributed by atoms with van der Waals surface area (Å²) in [7, 11) is 0. The summed E-state index contributed by atoms with van der Waals surface area (Å²) in [5.41, 5.74) is 1.91. The summed E-state index contributed by atoms with van der Waals surface area (Å²) in [6, 6.07) is 14.0.